The molecule has 140 valence electrons. The van der Waals surface area contributed by atoms with Crippen LogP contribution in [0.5, 0.6) is 0 Å². The molecule has 25 heavy (non-hydrogen) atoms. The zero-order valence-electron chi connectivity index (χ0n) is 14.6. The number of ether oxygens (including phenoxy) is 1. The van der Waals surface area contributed by atoms with Gasteiger partial charge in [0.15, 0.2) is 5.96 Å². The summed E-state index contributed by atoms with van der Waals surface area (Å²) in [5.41, 5.74) is 0.515. The third kappa shape index (κ3) is 7.55. The molecule has 2 rings (SSSR count). The molecule has 0 aromatic heterocycles. The number of hydrogen-bond acceptors (Lipinski definition) is 3. The number of rotatable bonds is 6. The van der Waals surface area contributed by atoms with E-state index in [9.17, 15) is 9.18 Å². The van der Waals surface area contributed by atoms with Gasteiger partial charge in [0.2, 0.25) is 5.91 Å². The van der Waals surface area contributed by atoms with E-state index in [2.05, 4.69) is 15.6 Å². The average Bonchev–Trinajstić information content (AvgIpc) is 3.08. The molecular weight excluding hydrogens is 438 g/mol. The van der Waals surface area contributed by atoms with E-state index < -0.39 is 0 Å². The van der Waals surface area contributed by atoms with Gasteiger partial charge in [-0.2, -0.15) is 0 Å². The Kier molecular flexibility index (Phi) is 9.73. The van der Waals surface area contributed by atoms with Crippen LogP contribution in [0.15, 0.2) is 29.3 Å². The summed E-state index contributed by atoms with van der Waals surface area (Å²) in [4.78, 5) is 17.6. The van der Waals surface area contributed by atoms with E-state index in [0.717, 1.165) is 19.6 Å². The van der Waals surface area contributed by atoms with Crippen LogP contribution in [-0.4, -0.2) is 57.2 Å². The van der Waals surface area contributed by atoms with Crippen molar-refractivity contribution in [3.05, 3.63) is 35.6 Å². The summed E-state index contributed by atoms with van der Waals surface area (Å²) in [7, 11) is 3.40. The molecular formula is C17H26FIN4O2. The molecule has 8 heteroatoms. The molecule has 1 unspecified atom stereocenters. The lowest BCUT2D eigenvalue weighted by atomic mass is 10.1. The molecule has 1 fully saturated rings. The number of carbonyl (C=O) groups excluding carboxylic acids is 1. The predicted molar refractivity (Wildman–Crippen MR) is 107 cm³/mol. The zero-order chi connectivity index (χ0) is 17.4. The molecule has 6 nitrogen and oxygen atoms in total. The fraction of sp³-hybridized carbons (Fsp3) is 0.529. The molecule has 0 aliphatic carbocycles. The maximum Gasteiger partial charge on any atom is 0.241 e. The molecule has 0 spiro atoms. The molecule has 0 bridgehead atoms. The minimum Gasteiger partial charge on any atom is -0.381 e. The number of nitrogens with one attached hydrogen (secondary N) is 2. The fourth-order valence-corrected chi connectivity index (χ4v) is 2.27. The van der Waals surface area contributed by atoms with Crippen molar-refractivity contribution in [2.24, 2.45) is 10.9 Å². The summed E-state index contributed by atoms with van der Waals surface area (Å²) in [6, 6.07) is 6.54. The highest BCUT2D eigenvalue weighted by Crippen LogP contribution is 2.11. The van der Waals surface area contributed by atoms with Gasteiger partial charge in [0.05, 0.1) is 19.7 Å². The van der Waals surface area contributed by atoms with E-state index >= 15 is 0 Å². The van der Waals surface area contributed by atoms with Gasteiger partial charge in [0.1, 0.15) is 5.82 Å². The van der Waals surface area contributed by atoms with Crippen LogP contribution in [0.2, 0.25) is 0 Å². The highest BCUT2D eigenvalue weighted by atomic mass is 127. The average molecular weight is 464 g/mol. The third-order valence-electron chi connectivity index (χ3n) is 3.85. The number of benzene rings is 1. The van der Waals surface area contributed by atoms with Crippen LogP contribution in [0.4, 0.5) is 4.39 Å². The highest BCUT2D eigenvalue weighted by molar-refractivity contribution is 14.0. The Bertz CT molecular complexity index is 578. The van der Waals surface area contributed by atoms with Crippen LogP contribution >= 0.6 is 24.0 Å². The SMILES string of the molecule is CN(C)C(=O)CNC(=NCc1ccccc1F)NCC1CCOC1.I. The fourth-order valence-electron chi connectivity index (χ4n) is 2.27. The van der Waals surface area contributed by atoms with Crippen LogP contribution in [-0.2, 0) is 16.1 Å². The minimum absolute atomic E-state index is 0. The second kappa shape index (κ2) is 11.2. The Morgan fingerprint density at radius 2 is 2.12 bits per heavy atom. The minimum atomic E-state index is -0.283. The van der Waals surface area contributed by atoms with E-state index in [1.165, 1.54) is 11.0 Å². The number of guanidine groups is 1. The van der Waals surface area contributed by atoms with E-state index in [1.807, 2.05) is 0 Å². The van der Waals surface area contributed by atoms with Crippen molar-refractivity contribution in [1.29, 1.82) is 0 Å². The van der Waals surface area contributed by atoms with Crippen LogP contribution in [0.3, 0.4) is 0 Å². The van der Waals surface area contributed by atoms with Crippen LogP contribution in [0, 0.1) is 11.7 Å². The first-order valence-corrected chi connectivity index (χ1v) is 8.09. The summed E-state index contributed by atoms with van der Waals surface area (Å²) in [6.07, 6.45) is 1.00. The monoisotopic (exact) mass is 464 g/mol. The number of likely N-dealkylation sites (N-methyl/N-ethyl adjacent to an activating group) is 1. The molecule has 1 amide bonds. The lowest BCUT2D eigenvalue weighted by Crippen LogP contribution is -2.44. The van der Waals surface area contributed by atoms with Gasteiger partial charge in [-0.1, -0.05) is 18.2 Å². The van der Waals surface area contributed by atoms with E-state index in [-0.39, 0.29) is 48.8 Å². The van der Waals surface area contributed by atoms with Crippen molar-refractivity contribution < 1.29 is 13.9 Å². The molecule has 1 aromatic carbocycles. The van der Waals surface area contributed by atoms with Crippen molar-refractivity contribution in [2.75, 3.05) is 40.4 Å². The maximum atomic E-state index is 13.7. The summed E-state index contributed by atoms with van der Waals surface area (Å²) >= 11 is 0. The number of aliphatic imine (C=N–C) groups is 1. The van der Waals surface area contributed by atoms with Crippen molar-refractivity contribution in [3.63, 3.8) is 0 Å². The number of carbonyl (C=O) groups is 1. The Hall–Kier alpha value is -1.42. The Morgan fingerprint density at radius 1 is 1.36 bits per heavy atom. The van der Waals surface area contributed by atoms with Crippen LogP contribution in [0.25, 0.3) is 0 Å². The summed E-state index contributed by atoms with van der Waals surface area (Å²) in [5.74, 6) is 0.587. The van der Waals surface area contributed by atoms with E-state index in [1.54, 1.807) is 32.3 Å². The summed E-state index contributed by atoms with van der Waals surface area (Å²) in [6.45, 7) is 2.56. The number of halogens is 2. The summed E-state index contributed by atoms with van der Waals surface area (Å²) < 4.78 is 19.1. The highest BCUT2D eigenvalue weighted by Gasteiger charge is 2.16. The first-order chi connectivity index (χ1) is 11.6. The number of nitrogens with zero attached hydrogens (tertiary/aromatic N) is 2. The van der Waals surface area contributed by atoms with E-state index in [0.29, 0.717) is 24.0 Å². The molecule has 1 atom stereocenters. The van der Waals surface area contributed by atoms with Gasteiger partial charge in [-0.25, -0.2) is 9.38 Å². The lowest BCUT2D eigenvalue weighted by Gasteiger charge is -2.16. The molecule has 0 saturated carbocycles. The zero-order valence-corrected chi connectivity index (χ0v) is 17.0. The first kappa shape index (κ1) is 21.6. The van der Waals surface area contributed by atoms with E-state index in [4.69, 9.17) is 4.74 Å². The second-order valence-corrected chi connectivity index (χ2v) is 6.01. The third-order valence-corrected chi connectivity index (χ3v) is 3.85. The van der Waals surface area contributed by atoms with Crippen LogP contribution in [0.1, 0.15) is 12.0 Å². The van der Waals surface area contributed by atoms with Crippen molar-refractivity contribution >= 4 is 35.8 Å². The normalized spacial score (nSPS) is 16.9. The summed E-state index contributed by atoms with van der Waals surface area (Å²) in [5, 5.41) is 6.21. The molecule has 2 N–H and O–H groups in total. The topological polar surface area (TPSA) is 66.0 Å². The smallest absolute Gasteiger partial charge is 0.241 e. The molecule has 1 saturated heterocycles. The van der Waals surface area contributed by atoms with Gasteiger partial charge < -0.3 is 20.3 Å². The van der Waals surface area contributed by atoms with Gasteiger partial charge in [-0.05, 0) is 12.5 Å². The van der Waals surface area contributed by atoms with Gasteiger partial charge in [-0.15, -0.1) is 24.0 Å². The van der Waals surface area contributed by atoms with Crippen LogP contribution < -0.4 is 10.6 Å². The van der Waals surface area contributed by atoms with Crippen molar-refractivity contribution in [2.45, 2.75) is 13.0 Å². The maximum absolute atomic E-state index is 13.7. The van der Waals surface area contributed by atoms with Crippen molar-refractivity contribution in [1.82, 2.24) is 15.5 Å². The molecule has 1 aliphatic rings. The Balaban J connectivity index is 0.00000312. The quantitative estimate of drug-likeness (QED) is 0.382. The van der Waals surface area contributed by atoms with Crippen molar-refractivity contribution in [3.8, 4) is 0 Å². The van der Waals surface area contributed by atoms with Gasteiger partial charge >= 0.3 is 0 Å². The Morgan fingerprint density at radius 3 is 2.76 bits per heavy atom. The molecule has 0 radical (unpaired) electrons. The molecule has 1 aromatic rings. The predicted octanol–water partition coefficient (Wildman–Crippen LogP) is 1.60. The second-order valence-electron chi connectivity index (χ2n) is 6.01. The Labute approximate surface area is 165 Å². The lowest BCUT2D eigenvalue weighted by molar-refractivity contribution is -0.127. The molecule has 1 heterocycles. The van der Waals surface area contributed by atoms with Gasteiger partial charge in [-0.3, -0.25) is 4.79 Å². The molecule has 1 aliphatic heterocycles. The van der Waals surface area contributed by atoms with Gasteiger partial charge in [0, 0.05) is 38.7 Å². The number of hydrogen-bond donors (Lipinski definition) is 2. The standard InChI is InChI=1S/C17H25FN4O2.HI/c1-22(2)16(23)11-21-17(19-9-13-7-8-24-12-13)20-10-14-5-3-4-6-15(14)18;/h3-6,13H,7-12H2,1-2H3,(H2,19,20,21);1H. The first-order valence-electron chi connectivity index (χ1n) is 8.09. The van der Waals surface area contributed by atoms with Gasteiger partial charge in [0.25, 0.3) is 0 Å². The largest absolute Gasteiger partial charge is 0.381 e. The number of amides is 1.